The number of nitrogen functional groups attached to an aromatic ring is 2. The third kappa shape index (κ3) is 2.64. The van der Waals surface area contributed by atoms with Crippen molar-refractivity contribution in [1.29, 1.82) is 5.26 Å². The second-order valence-corrected chi connectivity index (χ2v) is 3.92. The highest BCUT2D eigenvalue weighted by molar-refractivity contribution is 5.75. The van der Waals surface area contributed by atoms with Crippen LogP contribution in [0.25, 0.3) is 11.3 Å². The maximum Gasteiger partial charge on any atom is 0.308 e. The topological polar surface area (TPSA) is 128 Å². The number of nitrogens with two attached hydrogens (primary N) is 2. The summed E-state index contributed by atoms with van der Waals surface area (Å²) in [7, 11) is 0. The van der Waals surface area contributed by atoms with Gasteiger partial charge in [0.15, 0.2) is 0 Å². The van der Waals surface area contributed by atoms with E-state index in [1.807, 2.05) is 6.07 Å². The van der Waals surface area contributed by atoms with Crippen LogP contribution in [-0.2, 0) is 4.79 Å². The van der Waals surface area contributed by atoms with Crippen LogP contribution in [0.3, 0.4) is 0 Å². The van der Waals surface area contributed by atoms with Gasteiger partial charge in [-0.25, -0.2) is 4.98 Å². The van der Waals surface area contributed by atoms with Crippen LogP contribution in [0.15, 0.2) is 24.3 Å². The van der Waals surface area contributed by atoms with Gasteiger partial charge in [0.2, 0.25) is 5.95 Å². The summed E-state index contributed by atoms with van der Waals surface area (Å²) in [5, 5.41) is 9.13. The fourth-order valence-corrected chi connectivity index (χ4v) is 1.69. The van der Waals surface area contributed by atoms with Crippen molar-refractivity contribution < 1.29 is 9.53 Å². The molecule has 2 aromatic rings. The van der Waals surface area contributed by atoms with Crippen molar-refractivity contribution in [1.82, 2.24) is 9.97 Å². The average molecular weight is 269 g/mol. The first-order chi connectivity index (χ1) is 9.51. The molecule has 0 amide bonds. The lowest BCUT2D eigenvalue weighted by Gasteiger charge is -2.08. The number of ether oxygens (including phenoxy) is 1. The van der Waals surface area contributed by atoms with Crippen molar-refractivity contribution in [2.24, 2.45) is 0 Å². The molecule has 0 atom stereocenters. The Kier molecular flexibility index (Phi) is 3.48. The molecule has 1 aromatic heterocycles. The van der Waals surface area contributed by atoms with Crippen molar-refractivity contribution in [2.45, 2.75) is 6.92 Å². The van der Waals surface area contributed by atoms with Crippen LogP contribution in [-0.4, -0.2) is 15.9 Å². The first-order valence-corrected chi connectivity index (χ1v) is 5.63. The molecule has 2 rings (SSSR count). The Bertz CT molecular complexity index is 721. The number of hydrogen-bond donors (Lipinski definition) is 2. The summed E-state index contributed by atoms with van der Waals surface area (Å²) in [5.41, 5.74) is 12.2. The zero-order chi connectivity index (χ0) is 14.7. The number of aromatic nitrogens is 2. The van der Waals surface area contributed by atoms with Crippen molar-refractivity contribution in [2.75, 3.05) is 11.5 Å². The number of esters is 1. The normalized spacial score (nSPS) is 9.80. The molecule has 0 aliphatic carbocycles. The Hall–Kier alpha value is -3.14. The summed E-state index contributed by atoms with van der Waals surface area (Å²) >= 11 is 0. The van der Waals surface area contributed by atoms with Gasteiger partial charge in [0.1, 0.15) is 23.2 Å². The molecule has 100 valence electrons. The second-order valence-electron chi connectivity index (χ2n) is 3.92. The number of anilines is 2. The van der Waals surface area contributed by atoms with Crippen LogP contribution >= 0.6 is 0 Å². The van der Waals surface area contributed by atoms with E-state index in [1.54, 1.807) is 24.3 Å². The van der Waals surface area contributed by atoms with E-state index in [4.69, 9.17) is 21.5 Å². The summed E-state index contributed by atoms with van der Waals surface area (Å²) in [5.74, 6) is -0.124. The summed E-state index contributed by atoms with van der Waals surface area (Å²) < 4.78 is 4.98. The highest BCUT2D eigenvalue weighted by Crippen LogP contribution is 2.27. The minimum Gasteiger partial charge on any atom is -0.427 e. The molecule has 0 radical (unpaired) electrons. The van der Waals surface area contributed by atoms with Gasteiger partial charge in [-0.1, -0.05) is 12.1 Å². The quantitative estimate of drug-likeness (QED) is 0.617. The Morgan fingerprint density at radius 1 is 1.35 bits per heavy atom. The first kappa shape index (κ1) is 13.3. The van der Waals surface area contributed by atoms with Gasteiger partial charge in [-0.15, -0.1) is 0 Å². The van der Waals surface area contributed by atoms with Crippen LogP contribution < -0.4 is 16.2 Å². The molecular weight excluding hydrogens is 258 g/mol. The molecule has 1 heterocycles. The average Bonchev–Trinajstić information content (AvgIpc) is 2.37. The molecule has 0 aliphatic rings. The fourth-order valence-electron chi connectivity index (χ4n) is 1.69. The lowest BCUT2D eigenvalue weighted by Crippen LogP contribution is -2.05. The zero-order valence-electron chi connectivity index (χ0n) is 10.6. The Morgan fingerprint density at radius 2 is 2.10 bits per heavy atom. The smallest absolute Gasteiger partial charge is 0.308 e. The van der Waals surface area contributed by atoms with E-state index in [0.29, 0.717) is 17.0 Å². The lowest BCUT2D eigenvalue weighted by molar-refractivity contribution is -0.131. The van der Waals surface area contributed by atoms with Gasteiger partial charge in [0, 0.05) is 12.5 Å². The van der Waals surface area contributed by atoms with Gasteiger partial charge in [-0.3, -0.25) is 4.79 Å². The third-order valence-electron chi connectivity index (χ3n) is 2.44. The lowest BCUT2D eigenvalue weighted by atomic mass is 10.1. The standard InChI is InChI=1S/C13H11N5O2/c1-7(19)20-9-4-2-3-8(5-9)11-10(6-14)12(15)18-13(16)17-11/h2-5H,1H3,(H4,15,16,17,18). The largest absolute Gasteiger partial charge is 0.427 e. The van der Waals surface area contributed by atoms with Crippen molar-refractivity contribution in [3.8, 4) is 23.1 Å². The molecule has 0 saturated heterocycles. The molecule has 0 aliphatic heterocycles. The van der Waals surface area contributed by atoms with Crippen LogP contribution in [0.5, 0.6) is 5.75 Å². The number of nitrogens with zero attached hydrogens (tertiary/aromatic N) is 3. The molecule has 1 aromatic carbocycles. The molecule has 0 bridgehead atoms. The summed E-state index contributed by atoms with van der Waals surface area (Å²) in [6, 6.07) is 8.50. The number of carbonyl (C=O) groups excluding carboxylic acids is 1. The highest BCUT2D eigenvalue weighted by atomic mass is 16.5. The van der Waals surface area contributed by atoms with Gasteiger partial charge < -0.3 is 16.2 Å². The number of carbonyl (C=O) groups is 1. The minimum atomic E-state index is -0.440. The van der Waals surface area contributed by atoms with E-state index in [1.165, 1.54) is 6.92 Å². The molecule has 20 heavy (non-hydrogen) atoms. The SMILES string of the molecule is CC(=O)Oc1cccc(-c2nc(N)nc(N)c2C#N)c1. The minimum absolute atomic E-state index is 0.00730. The van der Waals surface area contributed by atoms with Crippen LogP contribution in [0.4, 0.5) is 11.8 Å². The number of nitriles is 1. The molecule has 0 spiro atoms. The predicted octanol–water partition coefficient (Wildman–Crippen LogP) is 1.10. The fraction of sp³-hybridized carbons (Fsp3) is 0.0769. The summed E-state index contributed by atoms with van der Waals surface area (Å²) in [6.45, 7) is 1.30. The highest BCUT2D eigenvalue weighted by Gasteiger charge is 2.13. The maximum atomic E-state index is 11.0. The van der Waals surface area contributed by atoms with Crippen LogP contribution in [0.1, 0.15) is 12.5 Å². The van der Waals surface area contributed by atoms with Crippen molar-refractivity contribution in [3.63, 3.8) is 0 Å². The summed E-state index contributed by atoms with van der Waals surface area (Å²) in [6.07, 6.45) is 0. The number of benzene rings is 1. The van der Waals surface area contributed by atoms with Gasteiger partial charge in [0.05, 0.1) is 5.69 Å². The van der Waals surface area contributed by atoms with E-state index in [2.05, 4.69) is 9.97 Å². The van der Waals surface area contributed by atoms with Gasteiger partial charge >= 0.3 is 5.97 Å². The zero-order valence-corrected chi connectivity index (χ0v) is 10.6. The van der Waals surface area contributed by atoms with E-state index in [-0.39, 0.29) is 17.3 Å². The molecule has 0 saturated carbocycles. The number of rotatable bonds is 2. The summed E-state index contributed by atoms with van der Waals surface area (Å²) in [4.78, 5) is 18.7. The Morgan fingerprint density at radius 3 is 2.75 bits per heavy atom. The van der Waals surface area contributed by atoms with E-state index >= 15 is 0 Å². The predicted molar refractivity (Wildman–Crippen MR) is 72.3 cm³/mol. The molecule has 0 unspecified atom stereocenters. The Labute approximate surface area is 114 Å². The molecular formula is C13H11N5O2. The van der Waals surface area contributed by atoms with E-state index in [9.17, 15) is 4.79 Å². The molecule has 0 fully saturated rings. The second kappa shape index (κ2) is 5.24. The van der Waals surface area contributed by atoms with E-state index < -0.39 is 5.97 Å². The van der Waals surface area contributed by atoms with Crippen molar-refractivity contribution in [3.05, 3.63) is 29.8 Å². The monoisotopic (exact) mass is 269 g/mol. The molecule has 4 N–H and O–H groups in total. The van der Waals surface area contributed by atoms with Gasteiger partial charge in [-0.05, 0) is 12.1 Å². The maximum absolute atomic E-state index is 11.0. The molecule has 7 nitrogen and oxygen atoms in total. The van der Waals surface area contributed by atoms with Crippen LogP contribution in [0, 0.1) is 11.3 Å². The number of hydrogen-bond acceptors (Lipinski definition) is 7. The van der Waals surface area contributed by atoms with Gasteiger partial charge in [-0.2, -0.15) is 10.2 Å². The van der Waals surface area contributed by atoms with Gasteiger partial charge in [0.25, 0.3) is 0 Å². The molecule has 7 heteroatoms. The first-order valence-electron chi connectivity index (χ1n) is 5.63. The van der Waals surface area contributed by atoms with E-state index in [0.717, 1.165) is 0 Å². The van der Waals surface area contributed by atoms with Crippen LogP contribution in [0.2, 0.25) is 0 Å². The van der Waals surface area contributed by atoms with Crippen molar-refractivity contribution >= 4 is 17.7 Å². The third-order valence-corrected chi connectivity index (χ3v) is 2.44. The Balaban J connectivity index is 2.57.